The number of carbonyl (C=O) groups is 1. The fraction of sp³-hybridized carbons (Fsp3) is 0. The molecule has 0 amide bonds. The van der Waals surface area contributed by atoms with Crippen LogP contribution >= 0.6 is 0 Å². The Hall–Kier alpha value is -2.49. The molecule has 0 radical (unpaired) electrons. The Kier molecular flexibility index (Phi) is 3.48. The van der Waals surface area contributed by atoms with Crippen molar-refractivity contribution in [3.05, 3.63) is 66.2 Å². The molecule has 1 N–H and O–H groups in total. The van der Waals surface area contributed by atoms with E-state index in [0.717, 1.165) is 0 Å². The van der Waals surface area contributed by atoms with E-state index in [1.807, 2.05) is 0 Å². The lowest BCUT2D eigenvalue weighted by molar-refractivity contribution is -0.568. The molecule has 0 aliphatic rings. The Balaban J connectivity index is 2.14. The number of aromatic hydroxyl groups is 1. The van der Waals surface area contributed by atoms with E-state index in [0.29, 0.717) is 5.56 Å². The maximum Gasteiger partial charge on any atom is 0.216 e. The fourth-order valence-electron chi connectivity index (χ4n) is 1.44. The molecular formula is C14H11FNO2+. The maximum atomic E-state index is 12.7. The van der Waals surface area contributed by atoms with Crippen molar-refractivity contribution in [1.82, 2.24) is 0 Å². The van der Waals surface area contributed by atoms with Gasteiger partial charge < -0.3 is 5.11 Å². The first-order chi connectivity index (χ1) is 8.65. The van der Waals surface area contributed by atoms with Crippen LogP contribution in [0.15, 0.2) is 54.9 Å². The number of nitrogens with zero attached hydrogens (tertiary/aromatic N) is 1. The molecule has 90 valence electrons. The monoisotopic (exact) mass is 244 g/mol. The molecule has 1 heterocycles. The van der Waals surface area contributed by atoms with E-state index >= 15 is 0 Å². The first kappa shape index (κ1) is 12.0. The zero-order valence-corrected chi connectivity index (χ0v) is 9.45. The second-order valence-electron chi connectivity index (χ2n) is 3.70. The largest absolute Gasteiger partial charge is 0.503 e. The molecule has 0 aliphatic carbocycles. The molecule has 0 fully saturated rings. The number of allylic oxidation sites excluding steroid dienone is 1. The van der Waals surface area contributed by atoms with Crippen LogP contribution in [0.5, 0.6) is 5.75 Å². The number of halogens is 1. The van der Waals surface area contributed by atoms with Gasteiger partial charge in [-0.2, -0.15) is 4.57 Å². The molecular weight excluding hydrogens is 233 g/mol. The number of pyridine rings is 1. The second kappa shape index (κ2) is 5.23. The van der Waals surface area contributed by atoms with Gasteiger partial charge in [-0.05, 0) is 30.3 Å². The van der Waals surface area contributed by atoms with Crippen molar-refractivity contribution in [2.75, 3.05) is 0 Å². The number of hydrogen-bond acceptors (Lipinski definition) is 2. The quantitative estimate of drug-likeness (QED) is 0.510. The topological polar surface area (TPSA) is 41.2 Å². The summed E-state index contributed by atoms with van der Waals surface area (Å²) in [5.41, 5.74) is 0.411. The Bertz CT molecular complexity index is 591. The van der Waals surface area contributed by atoms with E-state index in [1.54, 1.807) is 16.8 Å². The van der Waals surface area contributed by atoms with Crippen LogP contribution in [0.1, 0.15) is 10.4 Å². The lowest BCUT2D eigenvalue weighted by Gasteiger charge is -1.94. The second-order valence-corrected chi connectivity index (χ2v) is 3.70. The van der Waals surface area contributed by atoms with Crippen molar-refractivity contribution < 1.29 is 18.9 Å². The summed E-state index contributed by atoms with van der Waals surface area (Å²) in [4.78, 5) is 11.7. The Morgan fingerprint density at radius 2 is 1.94 bits per heavy atom. The van der Waals surface area contributed by atoms with Crippen LogP contribution in [-0.2, 0) is 0 Å². The van der Waals surface area contributed by atoms with E-state index in [4.69, 9.17) is 0 Å². The van der Waals surface area contributed by atoms with Crippen LogP contribution in [0.3, 0.4) is 0 Å². The fourth-order valence-corrected chi connectivity index (χ4v) is 1.44. The van der Waals surface area contributed by atoms with Crippen molar-refractivity contribution in [1.29, 1.82) is 0 Å². The van der Waals surface area contributed by atoms with Gasteiger partial charge in [0.15, 0.2) is 23.9 Å². The van der Waals surface area contributed by atoms with E-state index in [1.165, 1.54) is 48.8 Å². The molecule has 0 saturated carbocycles. The van der Waals surface area contributed by atoms with Gasteiger partial charge in [0.1, 0.15) is 5.82 Å². The minimum atomic E-state index is -0.377. The molecule has 4 heteroatoms. The Morgan fingerprint density at radius 3 is 2.61 bits per heavy atom. The summed E-state index contributed by atoms with van der Waals surface area (Å²) >= 11 is 0. The lowest BCUT2D eigenvalue weighted by Crippen LogP contribution is -2.24. The normalized spacial score (nSPS) is 10.7. The average molecular weight is 244 g/mol. The summed E-state index contributed by atoms with van der Waals surface area (Å²) in [6, 6.07) is 8.52. The third kappa shape index (κ3) is 3.01. The highest BCUT2D eigenvalue weighted by Crippen LogP contribution is 2.04. The summed E-state index contributed by atoms with van der Waals surface area (Å²) in [5, 5.41) is 9.24. The van der Waals surface area contributed by atoms with Gasteiger partial charge in [0.05, 0.1) is 6.08 Å². The predicted octanol–water partition coefficient (Wildman–Crippen LogP) is 2.17. The molecule has 1 aromatic heterocycles. The highest BCUT2D eigenvalue weighted by Gasteiger charge is 2.03. The van der Waals surface area contributed by atoms with Crippen LogP contribution < -0.4 is 4.57 Å². The summed E-state index contributed by atoms with van der Waals surface area (Å²) in [7, 11) is 0. The minimum absolute atomic E-state index is 0.108. The molecule has 0 unspecified atom stereocenters. The van der Waals surface area contributed by atoms with Gasteiger partial charge in [-0.25, -0.2) is 4.39 Å². The number of carbonyl (C=O) groups excluding carboxylic acids is 1. The molecule has 0 aliphatic heterocycles. The minimum Gasteiger partial charge on any atom is -0.503 e. The maximum absolute atomic E-state index is 12.7. The molecule has 0 atom stereocenters. The van der Waals surface area contributed by atoms with Crippen LogP contribution in [0, 0.1) is 5.82 Å². The van der Waals surface area contributed by atoms with Crippen molar-refractivity contribution in [3.63, 3.8) is 0 Å². The van der Waals surface area contributed by atoms with Gasteiger partial charge in [-0.1, -0.05) is 0 Å². The average Bonchev–Trinajstić information content (AvgIpc) is 2.37. The van der Waals surface area contributed by atoms with Crippen LogP contribution in [0.25, 0.3) is 6.20 Å². The number of ketones is 1. The van der Waals surface area contributed by atoms with Crippen molar-refractivity contribution in [2.24, 2.45) is 0 Å². The summed E-state index contributed by atoms with van der Waals surface area (Å²) in [6.07, 6.45) is 6.03. The highest BCUT2D eigenvalue weighted by molar-refractivity contribution is 6.05. The van der Waals surface area contributed by atoms with Gasteiger partial charge in [-0.3, -0.25) is 4.79 Å². The van der Waals surface area contributed by atoms with E-state index in [2.05, 4.69) is 0 Å². The zero-order valence-electron chi connectivity index (χ0n) is 9.45. The Labute approximate surface area is 103 Å². The van der Waals surface area contributed by atoms with Gasteiger partial charge in [0, 0.05) is 11.6 Å². The third-order valence-electron chi connectivity index (χ3n) is 2.33. The number of aromatic nitrogens is 1. The first-order valence-corrected chi connectivity index (χ1v) is 5.33. The van der Waals surface area contributed by atoms with Crippen LogP contribution in [0.4, 0.5) is 4.39 Å². The number of hydrogen-bond donors (Lipinski definition) is 1. The van der Waals surface area contributed by atoms with Gasteiger partial charge in [0.25, 0.3) is 0 Å². The lowest BCUT2D eigenvalue weighted by atomic mass is 10.1. The highest BCUT2D eigenvalue weighted by atomic mass is 19.1. The molecule has 0 saturated heterocycles. The molecule has 0 bridgehead atoms. The third-order valence-corrected chi connectivity index (χ3v) is 2.33. The van der Waals surface area contributed by atoms with Gasteiger partial charge >= 0.3 is 0 Å². The molecule has 1 aromatic carbocycles. The van der Waals surface area contributed by atoms with Crippen molar-refractivity contribution in [2.45, 2.75) is 0 Å². The molecule has 2 aromatic rings. The van der Waals surface area contributed by atoms with E-state index in [-0.39, 0.29) is 17.3 Å². The number of benzene rings is 1. The van der Waals surface area contributed by atoms with Crippen LogP contribution in [0.2, 0.25) is 0 Å². The number of rotatable bonds is 3. The molecule has 3 nitrogen and oxygen atoms in total. The van der Waals surface area contributed by atoms with Gasteiger partial charge in [-0.15, -0.1) is 0 Å². The molecule has 2 rings (SSSR count). The molecule has 0 spiro atoms. The van der Waals surface area contributed by atoms with Crippen molar-refractivity contribution in [3.8, 4) is 5.75 Å². The first-order valence-electron chi connectivity index (χ1n) is 5.33. The summed E-state index contributed by atoms with van der Waals surface area (Å²) in [6.45, 7) is 0. The van der Waals surface area contributed by atoms with Crippen LogP contribution in [-0.4, -0.2) is 10.9 Å². The van der Waals surface area contributed by atoms with E-state index in [9.17, 15) is 14.3 Å². The standard InChI is InChI=1S/C14H10FNO2/c15-12-5-3-11(4-6-12)14(18)7-9-16-8-1-2-13(17)10-16/h1-10H/p+1/b9-7+. The zero-order chi connectivity index (χ0) is 13.0. The van der Waals surface area contributed by atoms with Gasteiger partial charge in [0.2, 0.25) is 6.20 Å². The Morgan fingerprint density at radius 1 is 1.22 bits per heavy atom. The van der Waals surface area contributed by atoms with Crippen molar-refractivity contribution >= 4 is 12.0 Å². The SMILES string of the molecule is O=C(/C=C/[n+]1cccc(O)c1)c1ccc(F)cc1. The smallest absolute Gasteiger partial charge is 0.216 e. The van der Waals surface area contributed by atoms with E-state index < -0.39 is 0 Å². The predicted molar refractivity (Wildman–Crippen MR) is 64.4 cm³/mol. The molecule has 18 heavy (non-hydrogen) atoms. The summed E-state index contributed by atoms with van der Waals surface area (Å²) in [5.74, 6) is -0.500. The summed E-state index contributed by atoms with van der Waals surface area (Å²) < 4.78 is 14.2.